The normalized spacial score (nSPS) is 10.1. The van der Waals surface area contributed by atoms with Crippen molar-refractivity contribution in [1.29, 1.82) is 0 Å². The summed E-state index contributed by atoms with van der Waals surface area (Å²) >= 11 is 0. The summed E-state index contributed by atoms with van der Waals surface area (Å²) in [5.41, 5.74) is 0. The fourth-order valence-corrected chi connectivity index (χ4v) is 0.960. The molecule has 0 saturated heterocycles. The summed E-state index contributed by atoms with van der Waals surface area (Å²) in [5.74, 6) is 0. The summed E-state index contributed by atoms with van der Waals surface area (Å²) in [6.45, 7) is 8.92. The minimum atomic E-state index is 0.0417. The highest BCUT2D eigenvalue weighted by Gasteiger charge is 1.86. The van der Waals surface area contributed by atoms with Crippen molar-refractivity contribution in [3.05, 3.63) is 0 Å². The molecule has 2 N–H and O–H groups in total. The minimum absolute atomic E-state index is 0.0417. The van der Waals surface area contributed by atoms with Gasteiger partial charge >= 0.3 is 0 Å². The summed E-state index contributed by atoms with van der Waals surface area (Å²) in [5, 5.41) is 16.5. The minimum Gasteiger partial charge on any atom is -0.394 e. The topological polar surface area (TPSA) is 77.4 Å². The van der Waals surface area contributed by atoms with E-state index in [-0.39, 0.29) is 13.2 Å². The van der Waals surface area contributed by atoms with Gasteiger partial charge in [0.15, 0.2) is 0 Å². The maximum Gasteiger partial charge on any atom is 0.0701 e. The van der Waals surface area contributed by atoms with Crippen LogP contribution in [0.25, 0.3) is 0 Å². The van der Waals surface area contributed by atoms with Gasteiger partial charge in [0.05, 0.1) is 52.9 Å². The van der Waals surface area contributed by atoms with Gasteiger partial charge in [0.2, 0.25) is 0 Å². The molecule has 0 rings (SSSR count). The molecule has 0 atom stereocenters. The van der Waals surface area contributed by atoms with Crippen LogP contribution in [0.3, 0.4) is 0 Å². The Kier molecular flexibility index (Phi) is 25.4. The highest BCUT2D eigenvalue weighted by molar-refractivity contribution is 4.30. The molecule has 6 heteroatoms. The third-order valence-corrected chi connectivity index (χ3v) is 1.77. The Balaban J connectivity index is 0. The van der Waals surface area contributed by atoms with Crippen LogP contribution in [0.15, 0.2) is 0 Å². The summed E-state index contributed by atoms with van der Waals surface area (Å²) < 4.78 is 20.0. The summed E-state index contributed by atoms with van der Waals surface area (Å²) in [4.78, 5) is 0. The molecule has 0 amide bonds. The largest absolute Gasteiger partial charge is 0.394 e. The van der Waals surface area contributed by atoms with Gasteiger partial charge in [-0.1, -0.05) is 6.92 Å². The summed E-state index contributed by atoms with van der Waals surface area (Å²) in [7, 11) is 0. The van der Waals surface area contributed by atoms with Gasteiger partial charge in [0.25, 0.3) is 0 Å². The molecule has 0 saturated carbocycles. The zero-order valence-corrected chi connectivity index (χ0v) is 12.3. The van der Waals surface area contributed by atoms with Crippen LogP contribution in [-0.4, -0.2) is 76.3 Å². The smallest absolute Gasteiger partial charge is 0.0701 e. The van der Waals surface area contributed by atoms with E-state index in [1.165, 1.54) is 0 Å². The number of aliphatic hydroxyl groups is 2. The fourth-order valence-electron chi connectivity index (χ4n) is 0.960. The maximum atomic E-state index is 8.26. The molecular formula is C13H30O6. The highest BCUT2D eigenvalue weighted by atomic mass is 16.5. The van der Waals surface area contributed by atoms with E-state index in [9.17, 15) is 0 Å². The maximum absolute atomic E-state index is 8.26. The van der Waals surface area contributed by atoms with Crippen molar-refractivity contribution in [2.24, 2.45) is 0 Å². The van der Waals surface area contributed by atoms with Crippen LogP contribution in [-0.2, 0) is 18.9 Å². The van der Waals surface area contributed by atoms with Crippen LogP contribution in [0, 0.1) is 0 Å². The number of hydrogen-bond acceptors (Lipinski definition) is 6. The zero-order chi connectivity index (χ0) is 14.6. The van der Waals surface area contributed by atoms with Crippen molar-refractivity contribution >= 4 is 0 Å². The molecule has 0 heterocycles. The third-order valence-electron chi connectivity index (χ3n) is 1.77. The molecule has 0 aliphatic rings. The molecule has 0 fully saturated rings. The quantitative estimate of drug-likeness (QED) is 0.478. The number of ether oxygens (including phenoxy) is 4. The van der Waals surface area contributed by atoms with Crippen LogP contribution in [0.4, 0.5) is 0 Å². The SMILES string of the molecule is CCCOCCOCC.OCCOCCOCCO. The summed E-state index contributed by atoms with van der Waals surface area (Å²) in [6.07, 6.45) is 1.09. The van der Waals surface area contributed by atoms with E-state index >= 15 is 0 Å². The van der Waals surface area contributed by atoms with Crippen molar-refractivity contribution in [3.63, 3.8) is 0 Å². The van der Waals surface area contributed by atoms with Crippen molar-refractivity contribution in [1.82, 2.24) is 0 Å². The van der Waals surface area contributed by atoms with Crippen molar-refractivity contribution in [3.8, 4) is 0 Å². The molecule has 0 unspecified atom stereocenters. The first kappa shape index (κ1) is 21.1. The third kappa shape index (κ3) is 27.1. The van der Waals surface area contributed by atoms with Crippen LogP contribution < -0.4 is 0 Å². The van der Waals surface area contributed by atoms with Crippen LogP contribution in [0.1, 0.15) is 20.3 Å². The first-order valence-corrected chi connectivity index (χ1v) is 6.86. The average molecular weight is 282 g/mol. The molecule has 0 radical (unpaired) electrons. The second-order valence-electron chi connectivity index (χ2n) is 3.48. The predicted octanol–water partition coefficient (Wildman–Crippen LogP) is 0.454. The Bertz CT molecular complexity index is 120. The molecule has 0 aromatic carbocycles. The van der Waals surface area contributed by atoms with E-state index in [4.69, 9.17) is 29.2 Å². The zero-order valence-electron chi connectivity index (χ0n) is 12.3. The van der Waals surface area contributed by atoms with Crippen molar-refractivity contribution < 1.29 is 29.2 Å². The van der Waals surface area contributed by atoms with E-state index in [2.05, 4.69) is 6.92 Å². The lowest BCUT2D eigenvalue weighted by molar-refractivity contribution is 0.0222. The van der Waals surface area contributed by atoms with Crippen LogP contribution >= 0.6 is 0 Å². The van der Waals surface area contributed by atoms with Gasteiger partial charge in [-0.25, -0.2) is 0 Å². The second kappa shape index (κ2) is 22.9. The van der Waals surface area contributed by atoms with Gasteiger partial charge in [-0.3, -0.25) is 0 Å². The van der Waals surface area contributed by atoms with Gasteiger partial charge < -0.3 is 29.2 Å². The molecule has 118 valence electrons. The molecule has 0 aromatic rings. The molecule has 0 spiro atoms. The van der Waals surface area contributed by atoms with Gasteiger partial charge in [0, 0.05) is 13.2 Å². The van der Waals surface area contributed by atoms with E-state index in [0.29, 0.717) is 26.4 Å². The lowest BCUT2D eigenvalue weighted by Crippen LogP contribution is -2.09. The molecule has 0 aromatic heterocycles. The van der Waals surface area contributed by atoms with Gasteiger partial charge in [0.1, 0.15) is 0 Å². The molecule has 0 aliphatic carbocycles. The van der Waals surface area contributed by atoms with Crippen LogP contribution in [0.5, 0.6) is 0 Å². The Hall–Kier alpha value is -0.240. The Morgan fingerprint density at radius 2 is 1.00 bits per heavy atom. The fraction of sp³-hybridized carbons (Fsp3) is 1.00. The van der Waals surface area contributed by atoms with E-state index < -0.39 is 0 Å². The second-order valence-corrected chi connectivity index (χ2v) is 3.48. The first-order chi connectivity index (χ1) is 9.33. The molecular weight excluding hydrogens is 252 g/mol. The van der Waals surface area contributed by atoms with Gasteiger partial charge in [-0.15, -0.1) is 0 Å². The lowest BCUT2D eigenvalue weighted by atomic mass is 10.5. The van der Waals surface area contributed by atoms with Crippen LogP contribution in [0.2, 0.25) is 0 Å². The standard InChI is InChI=1S/C7H16O2.C6H14O4/c1-3-5-9-7-6-8-4-2;7-1-3-9-5-6-10-4-2-8/h3-7H2,1-2H3;7-8H,1-6H2. The molecule has 6 nitrogen and oxygen atoms in total. The molecule has 19 heavy (non-hydrogen) atoms. The average Bonchev–Trinajstić information content (AvgIpc) is 2.43. The Labute approximate surface area is 116 Å². The number of aliphatic hydroxyl groups excluding tert-OH is 2. The highest BCUT2D eigenvalue weighted by Crippen LogP contribution is 1.80. The van der Waals surface area contributed by atoms with E-state index in [1.54, 1.807) is 0 Å². The predicted molar refractivity (Wildman–Crippen MR) is 73.4 cm³/mol. The Morgan fingerprint density at radius 1 is 0.579 bits per heavy atom. The molecule has 0 aliphatic heterocycles. The van der Waals surface area contributed by atoms with E-state index in [1.807, 2.05) is 6.92 Å². The summed E-state index contributed by atoms with van der Waals surface area (Å²) in [6, 6.07) is 0. The number of hydrogen-bond donors (Lipinski definition) is 2. The molecule has 0 bridgehead atoms. The monoisotopic (exact) mass is 282 g/mol. The number of rotatable bonds is 13. The van der Waals surface area contributed by atoms with Gasteiger partial charge in [-0.2, -0.15) is 0 Å². The van der Waals surface area contributed by atoms with Crippen molar-refractivity contribution in [2.75, 3.05) is 66.1 Å². The van der Waals surface area contributed by atoms with Gasteiger partial charge in [-0.05, 0) is 13.3 Å². The lowest BCUT2D eigenvalue weighted by Gasteiger charge is -2.01. The van der Waals surface area contributed by atoms with E-state index in [0.717, 1.165) is 32.8 Å². The first-order valence-electron chi connectivity index (χ1n) is 6.86. The Morgan fingerprint density at radius 3 is 1.37 bits per heavy atom. The van der Waals surface area contributed by atoms with Crippen molar-refractivity contribution in [2.45, 2.75) is 20.3 Å².